The topological polar surface area (TPSA) is 64.5 Å². The summed E-state index contributed by atoms with van der Waals surface area (Å²) in [6.45, 7) is 0. The predicted octanol–water partition coefficient (Wildman–Crippen LogP) is 17.1. The molecule has 0 radical (unpaired) electrons. The second-order valence-electron chi connectivity index (χ2n) is 19.9. The molecule has 14 aromatic rings. The van der Waals surface area contributed by atoms with Gasteiger partial charge in [-0.1, -0.05) is 212 Å². The Morgan fingerprint density at radius 3 is 1.37 bits per heavy atom. The second kappa shape index (κ2) is 16.0. The van der Waals surface area contributed by atoms with Gasteiger partial charge in [0, 0.05) is 33.0 Å². The zero-order chi connectivity index (χ0) is 49.2. The molecule has 75 heavy (non-hydrogen) atoms. The maximum absolute atomic E-state index is 5.54. The third-order valence-electron chi connectivity index (χ3n) is 15.9. The van der Waals surface area contributed by atoms with E-state index in [4.69, 9.17) is 24.9 Å². The van der Waals surface area contributed by atoms with Crippen LogP contribution >= 0.6 is 0 Å². The van der Waals surface area contributed by atoms with Crippen LogP contribution in [-0.4, -0.2) is 24.9 Å². The molecule has 1 spiro atoms. The minimum absolute atomic E-state index is 0.516. The zero-order valence-corrected chi connectivity index (χ0v) is 40.4. The number of fused-ring (bicyclic) bond motifs is 19. The molecule has 12 aromatic carbocycles. The number of hydrogen-bond donors (Lipinski definition) is 0. The normalized spacial score (nSPS) is 12.9. The van der Waals surface area contributed by atoms with E-state index in [0.717, 1.165) is 77.0 Å². The Balaban J connectivity index is 0.950. The van der Waals surface area contributed by atoms with Gasteiger partial charge < -0.3 is 0 Å². The van der Waals surface area contributed by atoms with Gasteiger partial charge in [-0.05, 0) is 118 Å². The molecule has 5 heteroatoms. The SMILES string of the molecule is c1ccc(-c2nc(-c3cc(-c4cnc5c6ccccc6c6ccccc6c5n4)cc(-c4cc5ccccc5c5ccccc45)c3)nc(-c3ccc4c(c3)C3(c5ccccc5-c5ccccc53)c3ccccc3-4)n2)cc1. The summed E-state index contributed by atoms with van der Waals surface area (Å²) in [7, 11) is 0. The van der Waals surface area contributed by atoms with E-state index in [0.29, 0.717) is 17.5 Å². The molecule has 0 aliphatic heterocycles. The first kappa shape index (κ1) is 41.6. The molecule has 0 bridgehead atoms. The summed E-state index contributed by atoms with van der Waals surface area (Å²) in [6.07, 6.45) is 1.93. The largest absolute Gasteiger partial charge is 0.252 e. The first-order valence-corrected chi connectivity index (χ1v) is 25.6. The van der Waals surface area contributed by atoms with Crippen LogP contribution in [0.15, 0.2) is 249 Å². The highest BCUT2D eigenvalue weighted by Crippen LogP contribution is 2.63. The van der Waals surface area contributed by atoms with Gasteiger partial charge in [0.1, 0.15) is 0 Å². The minimum Gasteiger partial charge on any atom is -0.252 e. The van der Waals surface area contributed by atoms with E-state index in [2.05, 4.69) is 224 Å². The molecule has 0 unspecified atom stereocenters. The Hall–Kier alpha value is -9.97. The van der Waals surface area contributed by atoms with Gasteiger partial charge in [0.2, 0.25) is 0 Å². The smallest absolute Gasteiger partial charge is 0.164 e. The third-order valence-corrected chi connectivity index (χ3v) is 15.9. The summed E-state index contributed by atoms with van der Waals surface area (Å²) in [5, 5.41) is 9.19. The number of rotatable bonds is 5. The van der Waals surface area contributed by atoms with Crippen LogP contribution in [0.25, 0.3) is 133 Å². The predicted molar refractivity (Wildman–Crippen MR) is 306 cm³/mol. The maximum atomic E-state index is 5.54. The van der Waals surface area contributed by atoms with E-state index >= 15 is 0 Å². The first-order chi connectivity index (χ1) is 37.2. The van der Waals surface area contributed by atoms with Crippen molar-refractivity contribution < 1.29 is 0 Å². The lowest BCUT2D eigenvalue weighted by molar-refractivity contribution is 0.794. The fourth-order valence-corrected chi connectivity index (χ4v) is 12.7. The number of nitrogens with zero attached hydrogens (tertiary/aromatic N) is 5. The van der Waals surface area contributed by atoms with Crippen LogP contribution in [0.1, 0.15) is 22.3 Å². The van der Waals surface area contributed by atoms with Gasteiger partial charge in [-0.3, -0.25) is 4.98 Å². The van der Waals surface area contributed by atoms with Gasteiger partial charge in [-0.2, -0.15) is 0 Å². The van der Waals surface area contributed by atoms with Crippen molar-refractivity contribution in [1.29, 1.82) is 0 Å². The minimum atomic E-state index is -0.516. The molecule has 16 rings (SSSR count). The summed E-state index contributed by atoms with van der Waals surface area (Å²) < 4.78 is 0. The van der Waals surface area contributed by atoms with Crippen molar-refractivity contribution in [2.24, 2.45) is 0 Å². The van der Waals surface area contributed by atoms with Gasteiger partial charge >= 0.3 is 0 Å². The van der Waals surface area contributed by atoms with Gasteiger partial charge in [-0.25, -0.2) is 19.9 Å². The van der Waals surface area contributed by atoms with Crippen LogP contribution in [0.2, 0.25) is 0 Å². The average molecular weight is 952 g/mol. The number of hydrogen-bond acceptors (Lipinski definition) is 5. The summed E-state index contributed by atoms with van der Waals surface area (Å²) >= 11 is 0. The van der Waals surface area contributed by atoms with Crippen LogP contribution < -0.4 is 0 Å². The van der Waals surface area contributed by atoms with E-state index < -0.39 is 5.41 Å². The molecule has 0 fully saturated rings. The van der Waals surface area contributed by atoms with Crippen molar-refractivity contribution in [3.05, 3.63) is 271 Å². The van der Waals surface area contributed by atoms with Crippen molar-refractivity contribution in [3.8, 4) is 78.8 Å². The molecule has 0 amide bonds. The Kier molecular flexibility index (Phi) is 8.89. The molecule has 2 aliphatic carbocycles. The molecule has 5 nitrogen and oxygen atoms in total. The van der Waals surface area contributed by atoms with Crippen LogP contribution in [0.3, 0.4) is 0 Å². The summed E-state index contributed by atoms with van der Waals surface area (Å²) in [4.78, 5) is 27.0. The molecule has 0 saturated carbocycles. The Morgan fingerprint density at radius 1 is 0.253 bits per heavy atom. The van der Waals surface area contributed by atoms with E-state index in [1.165, 1.54) is 60.7 Å². The average Bonchev–Trinajstić information content (AvgIpc) is 3.99. The zero-order valence-electron chi connectivity index (χ0n) is 40.4. The van der Waals surface area contributed by atoms with Crippen LogP contribution in [0, 0.1) is 0 Å². The monoisotopic (exact) mass is 951 g/mol. The number of benzene rings is 12. The lowest BCUT2D eigenvalue weighted by Gasteiger charge is -2.30. The fraction of sp³-hybridized carbons (Fsp3) is 0.0143. The van der Waals surface area contributed by atoms with Gasteiger partial charge in [0.15, 0.2) is 17.5 Å². The molecule has 0 saturated heterocycles. The summed E-state index contributed by atoms with van der Waals surface area (Å²) in [5.74, 6) is 1.75. The van der Waals surface area contributed by atoms with E-state index in [1.807, 2.05) is 24.4 Å². The van der Waals surface area contributed by atoms with Gasteiger partial charge in [-0.15, -0.1) is 0 Å². The van der Waals surface area contributed by atoms with Gasteiger partial charge in [0.25, 0.3) is 0 Å². The van der Waals surface area contributed by atoms with Crippen LogP contribution in [0.4, 0.5) is 0 Å². The van der Waals surface area contributed by atoms with Crippen molar-refractivity contribution in [2.75, 3.05) is 0 Å². The lowest BCUT2D eigenvalue weighted by atomic mass is 9.70. The molecule has 2 heterocycles. The molecular weight excluding hydrogens is 911 g/mol. The highest BCUT2D eigenvalue weighted by Gasteiger charge is 2.51. The molecule has 346 valence electrons. The summed E-state index contributed by atoms with van der Waals surface area (Å²) in [5.41, 5.74) is 17.8. The van der Waals surface area contributed by atoms with E-state index in [-0.39, 0.29) is 0 Å². The Morgan fingerprint density at radius 2 is 0.720 bits per heavy atom. The third kappa shape index (κ3) is 6.10. The van der Waals surface area contributed by atoms with Crippen molar-refractivity contribution in [2.45, 2.75) is 5.41 Å². The Bertz CT molecular complexity index is 4630. The highest BCUT2D eigenvalue weighted by atomic mass is 15.0. The van der Waals surface area contributed by atoms with E-state index in [1.54, 1.807) is 0 Å². The lowest BCUT2D eigenvalue weighted by Crippen LogP contribution is -2.25. The summed E-state index contributed by atoms with van der Waals surface area (Å²) in [6, 6.07) is 87.2. The second-order valence-corrected chi connectivity index (χ2v) is 19.9. The highest BCUT2D eigenvalue weighted by molar-refractivity contribution is 6.23. The van der Waals surface area contributed by atoms with Gasteiger partial charge in [0.05, 0.1) is 28.3 Å². The number of aromatic nitrogens is 5. The van der Waals surface area contributed by atoms with Crippen molar-refractivity contribution >= 4 is 54.1 Å². The van der Waals surface area contributed by atoms with Crippen LogP contribution in [-0.2, 0) is 5.41 Å². The molecule has 2 aliphatic rings. The quantitative estimate of drug-likeness (QED) is 0.161. The first-order valence-electron chi connectivity index (χ1n) is 25.6. The van der Waals surface area contributed by atoms with Crippen molar-refractivity contribution in [3.63, 3.8) is 0 Å². The molecule has 2 aromatic heterocycles. The Labute approximate surface area is 432 Å². The molecule has 0 N–H and O–H groups in total. The van der Waals surface area contributed by atoms with Crippen LogP contribution in [0.5, 0.6) is 0 Å². The maximum Gasteiger partial charge on any atom is 0.164 e. The standard InChI is InChI=1S/C70H41N5/c1-2-18-42(19-3-1)67-73-68(44-34-35-56-55-28-14-17-33-62(55)70(63(56)40-44)60-31-15-12-26-53(60)54-27-13-16-32-61(54)70)75-69(74-67)47-37-45(59-39-43-20-4-5-21-48(43)49-22-6-7-25-52(49)59)36-46(38-47)64-41-71-65-57-29-10-8-23-50(57)51-24-9-11-30-58(51)66(65)72-64/h1-41H. The molecular formula is C70H41N5. The van der Waals surface area contributed by atoms with Crippen molar-refractivity contribution in [1.82, 2.24) is 24.9 Å². The fourth-order valence-electron chi connectivity index (χ4n) is 12.7. The van der Waals surface area contributed by atoms with E-state index in [9.17, 15) is 0 Å². The molecule has 0 atom stereocenters.